The van der Waals surface area contributed by atoms with E-state index >= 15 is 0 Å². The molecule has 0 spiro atoms. The second-order valence-electron chi connectivity index (χ2n) is 7.76. The number of thioether (sulfide) groups is 1. The third-order valence-corrected chi connectivity index (χ3v) is 6.24. The smallest absolute Gasteiger partial charge is 0.248 e. The van der Waals surface area contributed by atoms with E-state index in [1.165, 1.54) is 17.1 Å². The molecule has 0 aromatic heterocycles. The number of nitrogens with zero attached hydrogens (tertiary/aromatic N) is 3. The van der Waals surface area contributed by atoms with Gasteiger partial charge in [0.2, 0.25) is 5.91 Å². The van der Waals surface area contributed by atoms with Crippen LogP contribution in [0.1, 0.15) is 12.0 Å². The molecule has 2 aromatic rings. The van der Waals surface area contributed by atoms with Crippen LogP contribution >= 0.6 is 11.8 Å². The fourth-order valence-electron chi connectivity index (χ4n) is 3.62. The molecule has 0 radical (unpaired) electrons. The molecule has 0 fully saturated rings. The first-order valence-corrected chi connectivity index (χ1v) is 10.8. The molecule has 6 nitrogen and oxygen atoms in total. The van der Waals surface area contributed by atoms with Gasteiger partial charge in [-0.05, 0) is 56.6 Å². The number of hydrazone groups is 1. The number of aliphatic hydroxyl groups excluding tert-OH is 1. The largest absolute Gasteiger partial charge is 0.491 e. The highest BCUT2D eigenvalue weighted by molar-refractivity contribution is 7.99. The van der Waals surface area contributed by atoms with E-state index in [4.69, 9.17) is 4.74 Å². The highest BCUT2D eigenvalue weighted by atomic mass is 32.2. The van der Waals surface area contributed by atoms with E-state index in [0.29, 0.717) is 24.4 Å². The lowest BCUT2D eigenvalue weighted by Gasteiger charge is -2.33. The Hall–Kier alpha value is -2.42. The summed E-state index contributed by atoms with van der Waals surface area (Å²) >= 11 is 1.64. The van der Waals surface area contributed by atoms with Crippen LogP contribution in [0.5, 0.6) is 5.75 Å². The van der Waals surface area contributed by atoms with Gasteiger partial charge in [-0.3, -0.25) is 4.79 Å². The van der Waals surface area contributed by atoms with E-state index in [2.05, 4.69) is 5.10 Å². The maximum Gasteiger partial charge on any atom is 0.248 e. The molecule has 2 aliphatic rings. The quantitative estimate of drug-likeness (QED) is 0.765. The summed E-state index contributed by atoms with van der Waals surface area (Å²) in [7, 11) is 3.77. The van der Waals surface area contributed by atoms with Crippen molar-refractivity contribution in [1.29, 1.82) is 0 Å². The average molecular weight is 430 g/mol. The first kappa shape index (κ1) is 20.8. The van der Waals surface area contributed by atoms with E-state index in [1.54, 1.807) is 42.1 Å². The summed E-state index contributed by atoms with van der Waals surface area (Å²) in [5.41, 5.74) is 2.15. The highest BCUT2D eigenvalue weighted by Gasteiger charge is 2.35. The number of fused-ring (bicyclic) bond motifs is 3. The molecule has 4 rings (SSSR count). The Morgan fingerprint density at radius 2 is 2.07 bits per heavy atom. The van der Waals surface area contributed by atoms with Gasteiger partial charge in [-0.15, -0.1) is 11.8 Å². The van der Waals surface area contributed by atoms with Crippen molar-refractivity contribution >= 4 is 29.1 Å². The van der Waals surface area contributed by atoms with Crippen LogP contribution in [0.15, 0.2) is 52.5 Å². The number of amides is 1. The second-order valence-corrected chi connectivity index (χ2v) is 8.83. The first-order chi connectivity index (χ1) is 14.4. The van der Waals surface area contributed by atoms with Crippen LogP contribution in [0.25, 0.3) is 0 Å². The number of benzene rings is 2. The van der Waals surface area contributed by atoms with Gasteiger partial charge in [0.15, 0.2) is 0 Å². The Morgan fingerprint density at radius 1 is 1.30 bits per heavy atom. The lowest BCUT2D eigenvalue weighted by atomic mass is 9.93. The van der Waals surface area contributed by atoms with Gasteiger partial charge in [0, 0.05) is 35.1 Å². The molecular formula is C22H24FN3O3S. The first-order valence-electron chi connectivity index (χ1n) is 9.80. The number of aliphatic hydroxyl groups is 1. The number of hydrogen-bond acceptors (Lipinski definition) is 6. The van der Waals surface area contributed by atoms with Gasteiger partial charge in [-0.1, -0.05) is 0 Å². The molecule has 8 heteroatoms. The summed E-state index contributed by atoms with van der Waals surface area (Å²) < 4.78 is 19.4. The molecule has 0 saturated carbocycles. The van der Waals surface area contributed by atoms with Crippen molar-refractivity contribution in [2.45, 2.75) is 17.4 Å². The van der Waals surface area contributed by atoms with E-state index in [0.717, 1.165) is 21.9 Å². The fraction of sp³-hybridized carbons (Fsp3) is 0.364. The Kier molecular flexibility index (Phi) is 6.08. The number of likely N-dealkylation sites (N-methyl/N-ethyl adjacent to an activating group) is 1. The van der Waals surface area contributed by atoms with Crippen LogP contribution in [0.2, 0.25) is 0 Å². The molecule has 0 aliphatic carbocycles. The minimum atomic E-state index is -0.587. The van der Waals surface area contributed by atoms with Crippen molar-refractivity contribution in [3.8, 4) is 5.75 Å². The third-order valence-electron chi connectivity index (χ3n) is 5.01. The predicted octanol–water partition coefficient (Wildman–Crippen LogP) is 2.99. The van der Waals surface area contributed by atoms with Crippen LogP contribution in [-0.2, 0) is 4.79 Å². The van der Waals surface area contributed by atoms with Crippen molar-refractivity contribution in [3.05, 3.63) is 53.8 Å². The molecule has 1 amide bonds. The molecule has 2 atom stereocenters. The summed E-state index contributed by atoms with van der Waals surface area (Å²) in [6.07, 6.45) is -0.243. The molecule has 30 heavy (non-hydrogen) atoms. The molecule has 2 aromatic carbocycles. The number of rotatable bonds is 6. The number of ether oxygens (including phenoxy) is 1. The zero-order chi connectivity index (χ0) is 21.3. The number of carbonyl (C=O) groups is 1. The van der Waals surface area contributed by atoms with Crippen molar-refractivity contribution in [2.75, 3.05) is 38.0 Å². The standard InChI is InChI=1S/C22H24FN3O3S/c1-25(2)11-17(27)12-29-18-6-4-16(5-7-18)26-21(28)9-14-13-30-20-8-3-15(23)10-19(20)22(14)24-26/h3-8,10,14,17,27H,9,11-13H2,1-2H3. The average Bonchev–Trinajstić information content (AvgIpc) is 2.71. The van der Waals surface area contributed by atoms with Crippen LogP contribution in [0, 0.1) is 11.7 Å². The molecule has 2 unspecified atom stereocenters. The summed E-state index contributed by atoms with van der Waals surface area (Å²) in [5, 5.41) is 15.9. The Labute approximate surface area is 179 Å². The van der Waals surface area contributed by atoms with Gasteiger partial charge in [-0.2, -0.15) is 5.10 Å². The monoisotopic (exact) mass is 429 g/mol. The van der Waals surface area contributed by atoms with Crippen molar-refractivity contribution in [2.24, 2.45) is 11.0 Å². The lowest BCUT2D eigenvalue weighted by molar-refractivity contribution is -0.119. The molecular weight excluding hydrogens is 405 g/mol. The number of carbonyl (C=O) groups excluding carboxylic acids is 1. The van der Waals surface area contributed by atoms with Crippen molar-refractivity contribution < 1.29 is 19.0 Å². The zero-order valence-electron chi connectivity index (χ0n) is 16.9. The van der Waals surface area contributed by atoms with Gasteiger partial charge < -0.3 is 14.7 Å². The van der Waals surface area contributed by atoms with E-state index in [9.17, 15) is 14.3 Å². The van der Waals surface area contributed by atoms with Gasteiger partial charge in [-0.25, -0.2) is 9.40 Å². The Balaban J connectivity index is 1.53. The van der Waals surface area contributed by atoms with Crippen molar-refractivity contribution in [3.63, 3.8) is 0 Å². The summed E-state index contributed by atoms with van der Waals surface area (Å²) in [6, 6.07) is 11.7. The van der Waals surface area contributed by atoms with Crippen LogP contribution < -0.4 is 9.75 Å². The van der Waals surface area contributed by atoms with Gasteiger partial charge in [0.1, 0.15) is 24.3 Å². The molecule has 2 aliphatic heterocycles. The predicted molar refractivity (Wildman–Crippen MR) is 116 cm³/mol. The minimum absolute atomic E-state index is 0.00570. The fourth-order valence-corrected chi connectivity index (χ4v) is 4.76. The maximum absolute atomic E-state index is 13.8. The van der Waals surface area contributed by atoms with Gasteiger partial charge in [0.25, 0.3) is 0 Å². The Bertz CT molecular complexity index is 965. The van der Waals surface area contributed by atoms with Gasteiger partial charge >= 0.3 is 0 Å². The van der Waals surface area contributed by atoms with E-state index in [1.807, 2.05) is 19.0 Å². The SMILES string of the molecule is CN(C)CC(O)COc1ccc(N2N=C3c4cc(F)ccc4SCC3CC2=O)cc1. The summed E-state index contributed by atoms with van der Waals surface area (Å²) in [5.74, 6) is 0.972. The normalized spacial score (nSPS) is 19.2. The van der Waals surface area contributed by atoms with Crippen LogP contribution in [0.3, 0.4) is 0 Å². The number of anilines is 1. The maximum atomic E-state index is 13.8. The molecule has 1 N–H and O–H groups in total. The number of hydrogen-bond donors (Lipinski definition) is 1. The van der Waals surface area contributed by atoms with Crippen molar-refractivity contribution in [1.82, 2.24) is 4.90 Å². The lowest BCUT2D eigenvalue weighted by Crippen LogP contribution is -2.39. The summed E-state index contributed by atoms with van der Waals surface area (Å²) in [4.78, 5) is 15.6. The molecule has 0 saturated heterocycles. The zero-order valence-corrected chi connectivity index (χ0v) is 17.7. The van der Waals surface area contributed by atoms with E-state index < -0.39 is 6.10 Å². The highest BCUT2D eigenvalue weighted by Crippen LogP contribution is 2.38. The second kappa shape index (κ2) is 8.75. The molecule has 0 bridgehead atoms. The minimum Gasteiger partial charge on any atom is -0.491 e. The third kappa shape index (κ3) is 4.50. The van der Waals surface area contributed by atoms with Crippen LogP contribution in [0.4, 0.5) is 10.1 Å². The topological polar surface area (TPSA) is 65.4 Å². The molecule has 158 valence electrons. The number of halogens is 1. The molecule has 2 heterocycles. The van der Waals surface area contributed by atoms with Gasteiger partial charge in [0.05, 0.1) is 11.4 Å². The summed E-state index contributed by atoms with van der Waals surface area (Å²) in [6.45, 7) is 0.698. The Morgan fingerprint density at radius 3 is 2.80 bits per heavy atom. The van der Waals surface area contributed by atoms with E-state index in [-0.39, 0.29) is 24.2 Å². The van der Waals surface area contributed by atoms with Crippen LogP contribution in [-0.4, -0.2) is 60.7 Å².